The number of hydrogen-bond donors (Lipinski definition) is 1. The first-order valence-electron chi connectivity index (χ1n) is 6.13. The zero-order valence-electron chi connectivity index (χ0n) is 11.0. The van der Waals surface area contributed by atoms with E-state index in [2.05, 4.69) is 13.8 Å². The number of carbonyl (C=O) groups excluding carboxylic acids is 1. The van der Waals surface area contributed by atoms with Crippen molar-refractivity contribution in [3.8, 4) is 0 Å². The molecule has 1 aromatic carbocycles. The molecule has 0 unspecified atom stereocenters. The molecule has 2 rings (SSSR count). The van der Waals surface area contributed by atoms with Gasteiger partial charge in [0.1, 0.15) is 0 Å². The van der Waals surface area contributed by atoms with Crippen molar-refractivity contribution in [2.45, 2.75) is 26.7 Å². The van der Waals surface area contributed by atoms with Gasteiger partial charge in [0.2, 0.25) is 0 Å². The highest BCUT2D eigenvalue weighted by Gasteiger charge is 2.29. The molecule has 0 saturated carbocycles. The van der Waals surface area contributed by atoms with Crippen molar-refractivity contribution in [1.29, 1.82) is 0 Å². The first-order chi connectivity index (χ1) is 7.98. The molecule has 1 heterocycles. The highest BCUT2D eigenvalue weighted by atomic mass is 35.5. The van der Waals surface area contributed by atoms with Crippen molar-refractivity contribution < 1.29 is 4.79 Å². The van der Waals surface area contributed by atoms with E-state index in [0.717, 1.165) is 25.1 Å². The minimum Gasteiger partial charge on any atom is -0.399 e. The van der Waals surface area contributed by atoms with Crippen LogP contribution in [0.5, 0.6) is 0 Å². The minimum absolute atomic E-state index is 0. The zero-order valence-corrected chi connectivity index (χ0v) is 11.8. The second-order valence-corrected chi connectivity index (χ2v) is 5.62. The first kappa shape index (κ1) is 14.8. The minimum atomic E-state index is 0. The van der Waals surface area contributed by atoms with Crippen LogP contribution in [-0.2, 0) is 0 Å². The number of piperidine rings is 1. The maximum atomic E-state index is 12.3. The molecule has 1 aliphatic heterocycles. The van der Waals surface area contributed by atoms with Crippen molar-refractivity contribution in [2.24, 2.45) is 5.41 Å². The van der Waals surface area contributed by atoms with E-state index in [0.29, 0.717) is 5.69 Å². The molecule has 0 radical (unpaired) electrons. The average molecular weight is 269 g/mol. The van der Waals surface area contributed by atoms with Gasteiger partial charge < -0.3 is 10.6 Å². The summed E-state index contributed by atoms with van der Waals surface area (Å²) >= 11 is 0. The Balaban J connectivity index is 0.00000162. The lowest BCUT2D eigenvalue weighted by atomic mass is 9.84. The smallest absolute Gasteiger partial charge is 0.253 e. The Morgan fingerprint density at radius 1 is 1.28 bits per heavy atom. The molecule has 1 amide bonds. The van der Waals surface area contributed by atoms with Gasteiger partial charge in [0, 0.05) is 24.3 Å². The topological polar surface area (TPSA) is 46.3 Å². The van der Waals surface area contributed by atoms with E-state index in [1.165, 1.54) is 6.42 Å². The van der Waals surface area contributed by atoms with E-state index in [1.807, 2.05) is 4.90 Å². The first-order valence-corrected chi connectivity index (χ1v) is 6.13. The van der Waals surface area contributed by atoms with Gasteiger partial charge in [-0.1, -0.05) is 13.8 Å². The van der Waals surface area contributed by atoms with Crippen LogP contribution in [0.2, 0.25) is 0 Å². The third kappa shape index (κ3) is 3.39. The lowest BCUT2D eigenvalue weighted by molar-refractivity contribution is 0.0583. The Bertz CT molecular complexity index is 414. The van der Waals surface area contributed by atoms with E-state index in [1.54, 1.807) is 24.3 Å². The summed E-state index contributed by atoms with van der Waals surface area (Å²) in [7, 11) is 0. The number of nitrogens with zero attached hydrogens (tertiary/aromatic N) is 1. The lowest BCUT2D eigenvalue weighted by Gasteiger charge is -2.38. The molecule has 100 valence electrons. The van der Waals surface area contributed by atoms with Crippen LogP contribution < -0.4 is 5.73 Å². The van der Waals surface area contributed by atoms with Crippen molar-refractivity contribution >= 4 is 24.0 Å². The maximum absolute atomic E-state index is 12.3. The summed E-state index contributed by atoms with van der Waals surface area (Å²) in [6.45, 7) is 6.15. The van der Waals surface area contributed by atoms with Crippen LogP contribution in [0.15, 0.2) is 24.3 Å². The molecule has 1 fully saturated rings. The van der Waals surface area contributed by atoms with Crippen molar-refractivity contribution in [1.82, 2.24) is 4.90 Å². The number of likely N-dealkylation sites (tertiary alicyclic amines) is 1. The van der Waals surface area contributed by atoms with Gasteiger partial charge in [0.05, 0.1) is 0 Å². The molecule has 1 saturated heterocycles. The van der Waals surface area contributed by atoms with Gasteiger partial charge in [-0.2, -0.15) is 0 Å². The number of nitrogen functional groups attached to an aromatic ring is 1. The predicted molar refractivity (Wildman–Crippen MR) is 77.0 cm³/mol. The van der Waals surface area contributed by atoms with Gasteiger partial charge in [-0.15, -0.1) is 12.4 Å². The molecular formula is C14H21ClN2O. The van der Waals surface area contributed by atoms with Crippen LogP contribution in [0, 0.1) is 5.41 Å². The highest BCUT2D eigenvalue weighted by Crippen LogP contribution is 2.29. The maximum Gasteiger partial charge on any atom is 0.253 e. The number of rotatable bonds is 1. The Kier molecular flexibility index (Phi) is 4.63. The van der Waals surface area contributed by atoms with Gasteiger partial charge >= 0.3 is 0 Å². The molecule has 0 aromatic heterocycles. The monoisotopic (exact) mass is 268 g/mol. The summed E-state index contributed by atoms with van der Waals surface area (Å²) in [5, 5.41) is 0. The molecule has 1 aromatic rings. The van der Waals surface area contributed by atoms with E-state index < -0.39 is 0 Å². The van der Waals surface area contributed by atoms with Gasteiger partial charge in [0.25, 0.3) is 5.91 Å². The molecule has 1 aliphatic rings. The third-order valence-corrected chi connectivity index (χ3v) is 3.35. The fourth-order valence-electron chi connectivity index (χ4n) is 2.40. The number of benzene rings is 1. The Hall–Kier alpha value is -1.22. The summed E-state index contributed by atoms with van der Waals surface area (Å²) in [6.07, 6.45) is 2.28. The number of halogens is 1. The molecule has 2 N–H and O–H groups in total. The van der Waals surface area contributed by atoms with E-state index in [9.17, 15) is 4.79 Å². The normalized spacial score (nSPS) is 18.0. The second kappa shape index (κ2) is 5.61. The van der Waals surface area contributed by atoms with E-state index in [-0.39, 0.29) is 23.7 Å². The van der Waals surface area contributed by atoms with Crippen LogP contribution in [0.4, 0.5) is 5.69 Å². The second-order valence-electron chi connectivity index (χ2n) is 5.62. The lowest BCUT2D eigenvalue weighted by Crippen LogP contribution is -2.43. The Morgan fingerprint density at radius 3 is 2.44 bits per heavy atom. The fraction of sp³-hybridized carbons (Fsp3) is 0.500. The average Bonchev–Trinajstić information content (AvgIpc) is 2.28. The van der Waals surface area contributed by atoms with Crippen molar-refractivity contribution in [2.75, 3.05) is 18.8 Å². The zero-order chi connectivity index (χ0) is 12.5. The quantitative estimate of drug-likeness (QED) is 0.796. The summed E-state index contributed by atoms with van der Waals surface area (Å²) in [4.78, 5) is 14.2. The summed E-state index contributed by atoms with van der Waals surface area (Å²) in [6, 6.07) is 7.17. The van der Waals surface area contributed by atoms with E-state index in [4.69, 9.17) is 5.73 Å². The summed E-state index contributed by atoms with van der Waals surface area (Å²) < 4.78 is 0. The number of hydrogen-bond acceptors (Lipinski definition) is 2. The molecule has 0 bridgehead atoms. The van der Waals surface area contributed by atoms with Crippen LogP contribution in [-0.4, -0.2) is 23.9 Å². The molecule has 0 spiro atoms. The number of anilines is 1. The summed E-state index contributed by atoms with van der Waals surface area (Å²) in [5.74, 6) is 0.123. The molecule has 4 heteroatoms. The molecule has 0 aliphatic carbocycles. The molecule has 3 nitrogen and oxygen atoms in total. The SMILES string of the molecule is CC1(C)CCCN(C(=O)c2ccc(N)cc2)C1.Cl. The van der Waals surface area contributed by atoms with Crippen molar-refractivity contribution in [3.05, 3.63) is 29.8 Å². The predicted octanol–water partition coefficient (Wildman–Crippen LogP) is 2.95. The summed E-state index contributed by atoms with van der Waals surface area (Å²) in [5.41, 5.74) is 7.29. The number of carbonyl (C=O) groups is 1. The Morgan fingerprint density at radius 2 is 1.89 bits per heavy atom. The van der Waals surface area contributed by atoms with Crippen molar-refractivity contribution in [3.63, 3.8) is 0 Å². The van der Waals surface area contributed by atoms with Gasteiger partial charge in [0.15, 0.2) is 0 Å². The number of amides is 1. The fourth-order valence-corrected chi connectivity index (χ4v) is 2.40. The number of nitrogens with two attached hydrogens (primary N) is 1. The molecule has 18 heavy (non-hydrogen) atoms. The van der Waals surface area contributed by atoms with Crippen LogP contribution in [0.25, 0.3) is 0 Å². The highest BCUT2D eigenvalue weighted by molar-refractivity contribution is 5.94. The molecular weight excluding hydrogens is 248 g/mol. The van der Waals surface area contributed by atoms with Gasteiger partial charge in [-0.3, -0.25) is 4.79 Å². The Labute approximate surface area is 115 Å². The standard InChI is InChI=1S/C14H20N2O.ClH/c1-14(2)8-3-9-16(10-14)13(17)11-4-6-12(15)7-5-11;/h4-7H,3,8-10,15H2,1-2H3;1H. The van der Waals surface area contributed by atoms with Gasteiger partial charge in [-0.25, -0.2) is 0 Å². The molecule has 0 atom stereocenters. The van der Waals surface area contributed by atoms with E-state index >= 15 is 0 Å². The van der Waals surface area contributed by atoms with Crippen LogP contribution in [0.3, 0.4) is 0 Å². The third-order valence-electron chi connectivity index (χ3n) is 3.35. The van der Waals surface area contributed by atoms with Crippen LogP contribution in [0.1, 0.15) is 37.0 Å². The largest absolute Gasteiger partial charge is 0.399 e. The van der Waals surface area contributed by atoms with Gasteiger partial charge in [-0.05, 0) is 42.5 Å². The van der Waals surface area contributed by atoms with Crippen LogP contribution >= 0.6 is 12.4 Å².